The Labute approximate surface area is 150 Å². The van der Waals surface area contributed by atoms with E-state index < -0.39 is 0 Å². The summed E-state index contributed by atoms with van der Waals surface area (Å²) in [6.45, 7) is 6.45. The summed E-state index contributed by atoms with van der Waals surface area (Å²) in [4.78, 5) is 16.8. The smallest absolute Gasteiger partial charge is 0.317 e. The first kappa shape index (κ1) is 17.5. The van der Waals surface area contributed by atoms with Gasteiger partial charge in [0.15, 0.2) is 0 Å². The van der Waals surface area contributed by atoms with E-state index in [1.54, 1.807) is 0 Å². The number of rotatable bonds is 5. The van der Waals surface area contributed by atoms with Crippen LogP contribution in [-0.4, -0.2) is 48.1 Å². The Hall–Kier alpha value is -2.33. The van der Waals surface area contributed by atoms with Gasteiger partial charge in [0, 0.05) is 38.8 Å². The predicted molar refractivity (Wildman–Crippen MR) is 101 cm³/mol. The van der Waals surface area contributed by atoms with E-state index in [1.807, 2.05) is 29.2 Å². The fraction of sp³-hybridized carbons (Fsp3) is 0.381. The van der Waals surface area contributed by atoms with Gasteiger partial charge in [0.1, 0.15) is 0 Å². The molecule has 3 rings (SSSR count). The number of nitrogens with one attached hydrogen (secondary N) is 1. The highest BCUT2D eigenvalue weighted by Crippen LogP contribution is 2.09. The number of piperazine rings is 1. The molecule has 1 heterocycles. The van der Waals surface area contributed by atoms with E-state index in [1.165, 1.54) is 11.1 Å². The molecule has 1 aliphatic heterocycles. The number of carbonyl (C=O) groups excluding carboxylic acids is 1. The quantitative estimate of drug-likeness (QED) is 0.910. The molecule has 0 aromatic heterocycles. The maximum Gasteiger partial charge on any atom is 0.317 e. The third kappa shape index (κ3) is 5.33. The van der Waals surface area contributed by atoms with Gasteiger partial charge in [-0.2, -0.15) is 0 Å². The molecule has 0 radical (unpaired) electrons. The van der Waals surface area contributed by atoms with Crippen LogP contribution in [0.4, 0.5) is 4.79 Å². The second kappa shape index (κ2) is 8.67. The Morgan fingerprint density at radius 3 is 2.08 bits per heavy atom. The van der Waals surface area contributed by atoms with E-state index in [2.05, 4.69) is 53.5 Å². The molecule has 1 N–H and O–H groups in total. The van der Waals surface area contributed by atoms with Gasteiger partial charge in [-0.15, -0.1) is 0 Å². The van der Waals surface area contributed by atoms with E-state index in [0.29, 0.717) is 0 Å². The van der Waals surface area contributed by atoms with Crippen molar-refractivity contribution >= 4 is 6.03 Å². The number of benzene rings is 2. The molecule has 2 aromatic rings. The Morgan fingerprint density at radius 1 is 0.920 bits per heavy atom. The minimum absolute atomic E-state index is 0.0581. The molecule has 0 spiro atoms. The highest BCUT2D eigenvalue weighted by atomic mass is 16.2. The number of nitrogens with zero attached hydrogens (tertiary/aromatic N) is 2. The van der Waals surface area contributed by atoms with Gasteiger partial charge in [0.2, 0.25) is 0 Å². The van der Waals surface area contributed by atoms with Crippen LogP contribution >= 0.6 is 0 Å². The largest absolute Gasteiger partial charge is 0.335 e. The molecule has 1 saturated heterocycles. The monoisotopic (exact) mass is 337 g/mol. The van der Waals surface area contributed by atoms with Gasteiger partial charge in [-0.3, -0.25) is 4.90 Å². The van der Waals surface area contributed by atoms with Gasteiger partial charge in [-0.25, -0.2) is 4.79 Å². The molecular formula is C21H27N3O. The topological polar surface area (TPSA) is 35.6 Å². The zero-order chi connectivity index (χ0) is 17.5. The number of hydrogen-bond donors (Lipinski definition) is 1. The number of amides is 2. The molecule has 0 unspecified atom stereocenters. The molecule has 1 atom stereocenters. The Balaban J connectivity index is 1.42. The first-order chi connectivity index (χ1) is 12.2. The second-order valence-electron chi connectivity index (χ2n) is 6.79. The fourth-order valence-electron chi connectivity index (χ4n) is 3.27. The molecule has 25 heavy (non-hydrogen) atoms. The van der Waals surface area contributed by atoms with Gasteiger partial charge < -0.3 is 10.2 Å². The van der Waals surface area contributed by atoms with Gasteiger partial charge in [0.25, 0.3) is 0 Å². The van der Waals surface area contributed by atoms with Gasteiger partial charge in [-0.05, 0) is 24.5 Å². The summed E-state index contributed by atoms with van der Waals surface area (Å²) >= 11 is 0. The molecule has 4 nitrogen and oxygen atoms in total. The van der Waals surface area contributed by atoms with Crippen molar-refractivity contribution in [3.05, 3.63) is 71.8 Å². The van der Waals surface area contributed by atoms with E-state index in [9.17, 15) is 4.79 Å². The van der Waals surface area contributed by atoms with Crippen LogP contribution < -0.4 is 5.32 Å². The van der Waals surface area contributed by atoms with Crippen molar-refractivity contribution < 1.29 is 4.79 Å². The van der Waals surface area contributed by atoms with E-state index >= 15 is 0 Å². The standard InChI is InChI=1S/C21H27N3O/c1-18(16-19-8-4-2-5-9-19)22-21(25)24-14-12-23(13-15-24)17-20-10-6-3-7-11-20/h2-11,18H,12-17H2,1H3,(H,22,25)/t18-/m0/s1. The molecular weight excluding hydrogens is 310 g/mol. The van der Waals surface area contributed by atoms with Gasteiger partial charge in [0.05, 0.1) is 0 Å². The molecule has 0 saturated carbocycles. The maximum atomic E-state index is 12.5. The Kier molecular flexibility index (Phi) is 6.07. The van der Waals surface area contributed by atoms with Crippen molar-refractivity contribution in [2.45, 2.75) is 25.9 Å². The number of carbonyl (C=O) groups is 1. The van der Waals surface area contributed by atoms with Crippen molar-refractivity contribution in [1.82, 2.24) is 15.1 Å². The lowest BCUT2D eigenvalue weighted by Gasteiger charge is -2.35. The Bertz CT molecular complexity index is 651. The minimum Gasteiger partial charge on any atom is -0.335 e. The summed E-state index contributed by atoms with van der Waals surface area (Å²) in [6, 6.07) is 21.0. The second-order valence-corrected chi connectivity index (χ2v) is 6.79. The first-order valence-electron chi connectivity index (χ1n) is 9.06. The van der Waals surface area contributed by atoms with Crippen molar-refractivity contribution in [1.29, 1.82) is 0 Å². The van der Waals surface area contributed by atoms with Crippen LogP contribution in [0.3, 0.4) is 0 Å². The van der Waals surface area contributed by atoms with Crippen LogP contribution in [0.2, 0.25) is 0 Å². The average molecular weight is 337 g/mol. The molecule has 132 valence electrons. The minimum atomic E-state index is 0.0581. The number of hydrogen-bond acceptors (Lipinski definition) is 2. The Morgan fingerprint density at radius 2 is 1.48 bits per heavy atom. The van der Waals surface area contributed by atoms with Crippen molar-refractivity contribution in [2.75, 3.05) is 26.2 Å². The van der Waals surface area contributed by atoms with Crippen LogP contribution in [0, 0.1) is 0 Å². The lowest BCUT2D eigenvalue weighted by atomic mass is 10.1. The van der Waals surface area contributed by atoms with Crippen LogP contribution in [0.1, 0.15) is 18.1 Å². The zero-order valence-electron chi connectivity index (χ0n) is 14.9. The van der Waals surface area contributed by atoms with E-state index in [0.717, 1.165) is 39.1 Å². The molecule has 2 amide bonds. The summed E-state index contributed by atoms with van der Waals surface area (Å²) in [5.41, 5.74) is 2.58. The fourth-order valence-corrected chi connectivity index (χ4v) is 3.27. The predicted octanol–water partition coefficient (Wildman–Crippen LogP) is 3.15. The molecule has 2 aromatic carbocycles. The zero-order valence-corrected chi connectivity index (χ0v) is 14.9. The molecule has 0 bridgehead atoms. The molecule has 1 aliphatic rings. The summed E-state index contributed by atoms with van der Waals surface area (Å²) < 4.78 is 0. The third-order valence-electron chi connectivity index (χ3n) is 4.66. The summed E-state index contributed by atoms with van der Waals surface area (Å²) in [5.74, 6) is 0. The average Bonchev–Trinajstić information content (AvgIpc) is 2.64. The molecule has 1 fully saturated rings. The van der Waals surface area contributed by atoms with Crippen LogP contribution in [0.15, 0.2) is 60.7 Å². The maximum absolute atomic E-state index is 12.5. The lowest BCUT2D eigenvalue weighted by Crippen LogP contribution is -2.53. The van der Waals surface area contributed by atoms with Gasteiger partial charge in [-0.1, -0.05) is 60.7 Å². The van der Waals surface area contributed by atoms with Gasteiger partial charge >= 0.3 is 6.03 Å². The van der Waals surface area contributed by atoms with E-state index in [-0.39, 0.29) is 12.1 Å². The molecule has 4 heteroatoms. The summed E-state index contributed by atoms with van der Waals surface area (Å²) in [5, 5.41) is 3.13. The highest BCUT2D eigenvalue weighted by Gasteiger charge is 2.22. The van der Waals surface area contributed by atoms with Crippen molar-refractivity contribution in [3.8, 4) is 0 Å². The van der Waals surface area contributed by atoms with Crippen LogP contribution in [0.5, 0.6) is 0 Å². The third-order valence-corrected chi connectivity index (χ3v) is 4.66. The molecule has 0 aliphatic carbocycles. The summed E-state index contributed by atoms with van der Waals surface area (Å²) in [7, 11) is 0. The van der Waals surface area contributed by atoms with E-state index in [4.69, 9.17) is 0 Å². The van der Waals surface area contributed by atoms with Crippen LogP contribution in [-0.2, 0) is 13.0 Å². The summed E-state index contributed by atoms with van der Waals surface area (Å²) in [6.07, 6.45) is 0.862. The number of urea groups is 1. The van der Waals surface area contributed by atoms with Crippen molar-refractivity contribution in [2.24, 2.45) is 0 Å². The van der Waals surface area contributed by atoms with Crippen LogP contribution in [0.25, 0.3) is 0 Å². The normalized spacial score (nSPS) is 16.4. The lowest BCUT2D eigenvalue weighted by molar-refractivity contribution is 0.133. The SMILES string of the molecule is C[C@@H](Cc1ccccc1)NC(=O)N1CCN(Cc2ccccc2)CC1. The highest BCUT2D eigenvalue weighted by molar-refractivity contribution is 5.74. The first-order valence-corrected chi connectivity index (χ1v) is 9.06. The van der Waals surface area contributed by atoms with Crippen molar-refractivity contribution in [3.63, 3.8) is 0 Å².